The van der Waals surface area contributed by atoms with Gasteiger partial charge in [0.15, 0.2) is 0 Å². The number of H-pyrrole nitrogens is 1. The van der Waals surface area contributed by atoms with Crippen molar-refractivity contribution in [3.63, 3.8) is 0 Å². The van der Waals surface area contributed by atoms with E-state index in [1.54, 1.807) is 6.20 Å². The minimum atomic E-state index is -4.36. The summed E-state index contributed by atoms with van der Waals surface area (Å²) in [4.78, 5) is 16.9. The Bertz CT molecular complexity index is 1300. The lowest BCUT2D eigenvalue weighted by Gasteiger charge is -2.35. The molecule has 1 saturated carbocycles. The molecule has 1 saturated heterocycles. The van der Waals surface area contributed by atoms with Gasteiger partial charge in [-0.15, -0.1) is 0 Å². The van der Waals surface area contributed by atoms with Gasteiger partial charge in [-0.1, -0.05) is 0 Å². The molecule has 34 heavy (non-hydrogen) atoms. The van der Waals surface area contributed by atoms with E-state index in [1.165, 1.54) is 0 Å². The van der Waals surface area contributed by atoms with Gasteiger partial charge >= 0.3 is 6.18 Å². The average Bonchev–Trinajstić information content (AvgIpc) is 3.27. The van der Waals surface area contributed by atoms with E-state index in [2.05, 4.69) is 15.0 Å². The van der Waals surface area contributed by atoms with Crippen LogP contribution in [-0.2, 0) is 10.0 Å². The van der Waals surface area contributed by atoms with Crippen molar-refractivity contribution in [2.24, 2.45) is 11.8 Å². The third kappa shape index (κ3) is 4.51. The summed E-state index contributed by atoms with van der Waals surface area (Å²) in [6.07, 6.45) is 2.44. The smallest absolute Gasteiger partial charge is 0.346 e. The molecule has 11 heteroatoms. The van der Waals surface area contributed by atoms with E-state index in [1.807, 2.05) is 19.2 Å². The van der Waals surface area contributed by atoms with Crippen LogP contribution in [0.25, 0.3) is 21.9 Å². The molecule has 0 bridgehead atoms. The molecular weight excluding hydrogens is 467 g/mol. The van der Waals surface area contributed by atoms with Crippen LogP contribution in [-0.4, -0.2) is 57.7 Å². The minimum absolute atomic E-state index is 0.00311. The Labute approximate surface area is 196 Å². The van der Waals surface area contributed by atoms with Gasteiger partial charge in [-0.05, 0) is 57.4 Å². The molecule has 7 nitrogen and oxygen atoms in total. The molecule has 0 aromatic carbocycles. The molecule has 1 aliphatic heterocycles. The second kappa shape index (κ2) is 8.75. The molecule has 0 spiro atoms. The summed E-state index contributed by atoms with van der Waals surface area (Å²) in [5, 5.41) is 1.96. The van der Waals surface area contributed by atoms with E-state index in [0.717, 1.165) is 44.8 Å². The van der Waals surface area contributed by atoms with E-state index in [9.17, 15) is 21.6 Å². The quantitative estimate of drug-likeness (QED) is 0.567. The van der Waals surface area contributed by atoms with Crippen molar-refractivity contribution in [3.8, 4) is 0 Å². The van der Waals surface area contributed by atoms with Crippen LogP contribution in [0.5, 0.6) is 0 Å². The number of aromatic amines is 1. The molecule has 0 amide bonds. The Balaban J connectivity index is 1.30. The third-order valence-corrected chi connectivity index (χ3v) is 9.32. The number of sulfonamides is 1. The fourth-order valence-corrected chi connectivity index (χ4v) is 7.50. The number of aromatic nitrogens is 4. The largest absolute Gasteiger partial charge is 0.393 e. The highest BCUT2D eigenvalue weighted by atomic mass is 32.2. The number of alkyl halides is 3. The first-order valence-corrected chi connectivity index (χ1v) is 13.4. The van der Waals surface area contributed by atoms with E-state index >= 15 is 0 Å². The van der Waals surface area contributed by atoms with Gasteiger partial charge in [0, 0.05) is 36.0 Å². The van der Waals surface area contributed by atoms with Crippen LogP contribution in [0, 0.1) is 18.8 Å². The summed E-state index contributed by atoms with van der Waals surface area (Å²) < 4.78 is 66.4. The standard InChI is InChI=1S/C23H28F3N5O2S/c1-14-29-19-11-28-22-18(8-9-27-22)20(19)21(30-14)16-6-4-15(5-7-16)13-34(32,33)31-10-2-3-17(12-31)23(24,25)26/h8-9,11,15-17H,2-7,10,12-13H2,1H3,(H,27,28). The molecule has 0 radical (unpaired) electrons. The summed E-state index contributed by atoms with van der Waals surface area (Å²) >= 11 is 0. The van der Waals surface area contributed by atoms with Gasteiger partial charge in [-0.3, -0.25) is 0 Å². The van der Waals surface area contributed by atoms with E-state index in [0.29, 0.717) is 18.7 Å². The number of hydrogen-bond acceptors (Lipinski definition) is 5. The number of halogens is 3. The Morgan fingerprint density at radius 3 is 2.65 bits per heavy atom. The molecule has 1 aliphatic carbocycles. The van der Waals surface area contributed by atoms with Crippen LogP contribution in [0.1, 0.15) is 56.0 Å². The summed E-state index contributed by atoms with van der Waals surface area (Å²) in [5.74, 6) is -0.863. The van der Waals surface area contributed by atoms with Crippen molar-refractivity contribution in [2.45, 2.75) is 57.5 Å². The van der Waals surface area contributed by atoms with E-state index < -0.39 is 28.7 Å². The van der Waals surface area contributed by atoms with Crippen molar-refractivity contribution in [1.29, 1.82) is 0 Å². The van der Waals surface area contributed by atoms with Crippen LogP contribution in [0.4, 0.5) is 13.2 Å². The third-order valence-electron chi connectivity index (χ3n) is 7.31. The Morgan fingerprint density at radius 1 is 1.15 bits per heavy atom. The van der Waals surface area contributed by atoms with Crippen LogP contribution < -0.4 is 0 Å². The van der Waals surface area contributed by atoms with E-state index in [-0.39, 0.29) is 37.0 Å². The second-order valence-electron chi connectivity index (χ2n) is 9.65. The number of fused-ring (bicyclic) bond motifs is 3. The first-order chi connectivity index (χ1) is 16.1. The summed E-state index contributed by atoms with van der Waals surface area (Å²) in [5.41, 5.74) is 2.54. The SMILES string of the molecule is Cc1nc(C2CCC(CS(=O)(=O)N3CCCC(C(F)(F)F)C3)CC2)c2c(cnc3[nH]ccc32)n1. The molecule has 3 aromatic rings. The topological polar surface area (TPSA) is 91.8 Å². The molecule has 2 aliphatic rings. The van der Waals surface area contributed by atoms with Gasteiger partial charge in [-0.2, -0.15) is 13.2 Å². The molecule has 1 atom stereocenters. The predicted molar refractivity (Wildman–Crippen MR) is 123 cm³/mol. The molecular formula is C23H28F3N5O2S. The lowest BCUT2D eigenvalue weighted by atomic mass is 9.80. The van der Waals surface area contributed by atoms with E-state index in [4.69, 9.17) is 4.98 Å². The maximum Gasteiger partial charge on any atom is 0.393 e. The molecule has 1 unspecified atom stereocenters. The van der Waals surface area contributed by atoms with Crippen LogP contribution >= 0.6 is 0 Å². The molecule has 5 rings (SSSR count). The zero-order valence-corrected chi connectivity index (χ0v) is 19.8. The Morgan fingerprint density at radius 2 is 1.91 bits per heavy atom. The van der Waals surface area contributed by atoms with Gasteiger partial charge in [0.25, 0.3) is 0 Å². The number of piperidine rings is 1. The van der Waals surface area contributed by atoms with Crippen molar-refractivity contribution in [2.75, 3.05) is 18.8 Å². The predicted octanol–water partition coefficient (Wildman–Crippen LogP) is 4.69. The maximum atomic E-state index is 13.1. The zero-order valence-electron chi connectivity index (χ0n) is 19.0. The second-order valence-corrected chi connectivity index (χ2v) is 11.7. The molecule has 2 fully saturated rings. The van der Waals surface area contributed by atoms with Gasteiger partial charge in [0.05, 0.1) is 29.1 Å². The number of nitrogens with zero attached hydrogens (tertiary/aromatic N) is 4. The summed E-state index contributed by atoms with van der Waals surface area (Å²) in [6, 6.07) is 1.97. The normalized spacial score (nSPS) is 25.2. The molecule has 3 aromatic heterocycles. The lowest BCUT2D eigenvalue weighted by Crippen LogP contribution is -2.46. The van der Waals surface area contributed by atoms with Crippen LogP contribution in [0.3, 0.4) is 0 Å². The molecule has 1 N–H and O–H groups in total. The van der Waals surface area contributed by atoms with Gasteiger partial charge in [-0.25, -0.2) is 27.7 Å². The number of aryl methyl sites for hydroxylation is 1. The number of nitrogens with one attached hydrogen (secondary N) is 1. The highest BCUT2D eigenvalue weighted by Crippen LogP contribution is 2.40. The molecule has 4 heterocycles. The average molecular weight is 496 g/mol. The van der Waals surface area contributed by atoms with Gasteiger partial charge in [0.1, 0.15) is 11.5 Å². The van der Waals surface area contributed by atoms with Crippen molar-refractivity contribution in [3.05, 3.63) is 30.0 Å². The number of rotatable bonds is 4. The highest BCUT2D eigenvalue weighted by molar-refractivity contribution is 7.89. The fraction of sp³-hybridized carbons (Fsp3) is 0.609. The van der Waals surface area contributed by atoms with Crippen molar-refractivity contribution >= 4 is 32.0 Å². The maximum absolute atomic E-state index is 13.1. The number of hydrogen-bond donors (Lipinski definition) is 1. The van der Waals surface area contributed by atoms with Gasteiger partial charge in [0.2, 0.25) is 10.0 Å². The van der Waals surface area contributed by atoms with Crippen LogP contribution in [0.15, 0.2) is 18.5 Å². The summed E-state index contributed by atoms with van der Waals surface area (Å²) in [6.45, 7) is 1.58. The van der Waals surface area contributed by atoms with Crippen LogP contribution in [0.2, 0.25) is 0 Å². The zero-order chi connectivity index (χ0) is 24.1. The van der Waals surface area contributed by atoms with Gasteiger partial charge < -0.3 is 4.98 Å². The number of pyridine rings is 1. The summed E-state index contributed by atoms with van der Waals surface area (Å²) in [7, 11) is -3.73. The Hall–Kier alpha value is -2.27. The van der Waals surface area contributed by atoms with Crippen molar-refractivity contribution < 1.29 is 21.6 Å². The highest BCUT2D eigenvalue weighted by Gasteiger charge is 2.44. The molecule has 184 valence electrons. The Kier molecular flexibility index (Phi) is 6.04. The monoisotopic (exact) mass is 495 g/mol. The first-order valence-electron chi connectivity index (χ1n) is 11.8. The minimum Gasteiger partial charge on any atom is -0.346 e. The van der Waals surface area contributed by atoms with Crippen molar-refractivity contribution in [1.82, 2.24) is 24.2 Å². The first kappa shape index (κ1) is 23.5. The fourth-order valence-electron chi connectivity index (χ4n) is 5.54. The lowest BCUT2D eigenvalue weighted by molar-refractivity contribution is -0.182.